The van der Waals surface area contributed by atoms with E-state index in [-0.39, 0.29) is 37.6 Å². The molecular weight excluding hydrogens is 809 g/mol. The van der Waals surface area contributed by atoms with Crippen LogP contribution in [0.2, 0.25) is 0 Å². The summed E-state index contributed by atoms with van der Waals surface area (Å²) >= 11 is 0. The molecule has 0 amide bonds. The maximum Gasteiger partial charge on any atom is 0.333 e. The summed E-state index contributed by atoms with van der Waals surface area (Å²) in [5.41, 5.74) is 6.18. The molecule has 0 saturated heterocycles. The summed E-state index contributed by atoms with van der Waals surface area (Å²) in [5, 5.41) is 0. The smallest absolute Gasteiger partial charge is 0.333 e. The van der Waals surface area contributed by atoms with Crippen LogP contribution in [0.1, 0.15) is 36.1 Å². The molecule has 330 valence electrons. The molecule has 2 unspecified atom stereocenters. The minimum absolute atomic E-state index is 0.0587. The Balaban J connectivity index is 1.08. The van der Waals surface area contributed by atoms with E-state index in [0.717, 1.165) is 44.9 Å². The van der Waals surface area contributed by atoms with Gasteiger partial charge in [0.15, 0.2) is 12.2 Å². The van der Waals surface area contributed by atoms with Gasteiger partial charge in [0.25, 0.3) is 0 Å². The molecule has 6 aromatic carbocycles. The van der Waals surface area contributed by atoms with Gasteiger partial charge in [-0.15, -0.1) is 0 Å². The van der Waals surface area contributed by atoms with Crippen molar-refractivity contribution in [3.63, 3.8) is 0 Å². The number of carbonyl (C=O) groups excluding carboxylic acids is 2. The number of aryl methyl sites for hydroxylation is 4. The van der Waals surface area contributed by atoms with Gasteiger partial charge in [0, 0.05) is 11.1 Å². The number of carbonyl (C=O) groups is 2. The van der Waals surface area contributed by atoms with Crippen molar-refractivity contribution in [3.05, 3.63) is 180 Å². The zero-order chi connectivity index (χ0) is 45.6. The second-order valence-electron chi connectivity index (χ2n) is 15.5. The third-order valence-corrected chi connectivity index (χ3v) is 9.80. The van der Waals surface area contributed by atoms with Gasteiger partial charge in [-0.2, -0.15) is 0 Å². The summed E-state index contributed by atoms with van der Waals surface area (Å²) in [5.74, 6) is 4.28. The Bertz CT molecular complexity index is 2310. The van der Waals surface area contributed by atoms with Gasteiger partial charge in [-0.3, -0.25) is 0 Å². The van der Waals surface area contributed by atoms with Gasteiger partial charge in [0.1, 0.15) is 72.4 Å². The first-order valence-corrected chi connectivity index (χ1v) is 20.9. The molecule has 0 spiro atoms. The second-order valence-corrected chi connectivity index (χ2v) is 15.5. The summed E-state index contributed by atoms with van der Waals surface area (Å²) in [6, 6.07) is 41.7. The Kier molecular flexibility index (Phi) is 15.9. The molecule has 2 atom stereocenters. The largest absolute Gasteiger partial charge is 0.490 e. The summed E-state index contributed by atoms with van der Waals surface area (Å²) in [6.07, 6.45) is -1.44. The normalized spacial score (nSPS) is 11.7. The van der Waals surface area contributed by atoms with Gasteiger partial charge >= 0.3 is 11.9 Å². The fraction of sp³-hybridized carbons (Fsp3) is 0.222. The highest BCUT2D eigenvalue weighted by atomic mass is 16.6. The molecule has 0 aromatic heterocycles. The lowest BCUT2D eigenvalue weighted by Gasteiger charge is -2.22. The van der Waals surface area contributed by atoms with Crippen LogP contribution in [-0.2, 0) is 19.1 Å². The van der Waals surface area contributed by atoms with E-state index in [1.807, 2.05) is 113 Å². The van der Waals surface area contributed by atoms with E-state index in [1.54, 1.807) is 38.1 Å². The van der Waals surface area contributed by atoms with Crippen molar-refractivity contribution in [1.82, 2.24) is 0 Å². The topological polar surface area (TPSA) is 108 Å². The predicted octanol–water partition coefficient (Wildman–Crippen LogP) is 12.1. The van der Waals surface area contributed by atoms with Crippen molar-refractivity contribution in [2.24, 2.45) is 0 Å². The van der Waals surface area contributed by atoms with Crippen LogP contribution >= 0.6 is 0 Å². The number of rotatable bonds is 21. The van der Waals surface area contributed by atoms with Crippen LogP contribution < -0.4 is 28.4 Å². The molecule has 6 rings (SSSR count). The zero-order valence-electron chi connectivity index (χ0n) is 37.2. The lowest BCUT2D eigenvalue weighted by molar-refractivity contribution is -0.148. The highest BCUT2D eigenvalue weighted by molar-refractivity contribution is 5.87. The predicted molar refractivity (Wildman–Crippen MR) is 248 cm³/mol. The van der Waals surface area contributed by atoms with E-state index in [2.05, 4.69) is 37.4 Å². The summed E-state index contributed by atoms with van der Waals surface area (Å²) in [6.45, 7) is 18.8. The van der Waals surface area contributed by atoms with Gasteiger partial charge < -0.3 is 37.9 Å². The molecule has 10 heteroatoms. The van der Waals surface area contributed by atoms with Gasteiger partial charge in [-0.1, -0.05) is 49.6 Å². The number of para-hydroxylation sites is 2. The Morgan fingerprint density at radius 3 is 1.02 bits per heavy atom. The Morgan fingerprint density at radius 1 is 0.422 bits per heavy atom. The Morgan fingerprint density at radius 2 is 0.703 bits per heavy atom. The molecule has 0 bridgehead atoms. The first kappa shape index (κ1) is 46.1. The number of hydrogen-bond acceptors (Lipinski definition) is 10. The number of benzene rings is 6. The number of hydrogen-bond donors (Lipinski definition) is 0. The van der Waals surface area contributed by atoms with E-state index < -0.39 is 24.1 Å². The van der Waals surface area contributed by atoms with Crippen LogP contribution in [0.3, 0.4) is 0 Å². The van der Waals surface area contributed by atoms with Crippen molar-refractivity contribution in [2.75, 3.05) is 26.4 Å². The minimum atomic E-state index is -0.719. The molecule has 10 nitrogen and oxygen atoms in total. The maximum absolute atomic E-state index is 12.6. The zero-order valence-corrected chi connectivity index (χ0v) is 37.2. The number of esters is 2. The quantitative estimate of drug-likeness (QED) is 0.0512. The molecule has 0 aliphatic rings. The van der Waals surface area contributed by atoms with E-state index in [4.69, 9.17) is 37.9 Å². The third kappa shape index (κ3) is 13.3. The van der Waals surface area contributed by atoms with E-state index >= 15 is 0 Å². The minimum Gasteiger partial charge on any atom is -0.490 e. The molecule has 0 aliphatic carbocycles. The molecule has 0 saturated carbocycles. The maximum atomic E-state index is 12.6. The summed E-state index contributed by atoms with van der Waals surface area (Å²) < 4.78 is 47.9. The molecular formula is C54H54O10. The first-order chi connectivity index (χ1) is 30.8. The van der Waals surface area contributed by atoms with Gasteiger partial charge in [0.05, 0.1) is 0 Å². The van der Waals surface area contributed by atoms with Crippen LogP contribution in [0.15, 0.2) is 158 Å². The summed E-state index contributed by atoms with van der Waals surface area (Å²) in [7, 11) is 0. The van der Waals surface area contributed by atoms with Crippen LogP contribution in [0.5, 0.6) is 46.0 Å². The van der Waals surface area contributed by atoms with Crippen molar-refractivity contribution in [2.45, 2.75) is 53.8 Å². The second kappa shape index (κ2) is 22.1. The molecule has 0 N–H and O–H groups in total. The van der Waals surface area contributed by atoms with Crippen molar-refractivity contribution in [3.8, 4) is 57.1 Å². The van der Waals surface area contributed by atoms with Gasteiger partial charge in [0.2, 0.25) is 0 Å². The van der Waals surface area contributed by atoms with Crippen molar-refractivity contribution >= 4 is 11.9 Å². The van der Waals surface area contributed by atoms with Crippen LogP contribution in [-0.4, -0.2) is 50.6 Å². The standard InChI is InChI=1S/C54H54O10/c1-35(2)53(55)63-49(31-57-43-19-23-47(24-20-43)61-45-15-11-9-12-16-45)33-59-51-37(5)27-41(28-38(51)6)42-29-39(7)52(40(8)30-42)60-34-50(64-54(56)36(3)4)32-58-44-21-25-48(26-22-44)62-46-17-13-10-14-18-46/h9-30,49-50H,1,3,31-34H2,2,4-8H3. The van der Waals surface area contributed by atoms with Crippen molar-refractivity contribution < 1.29 is 47.5 Å². The van der Waals surface area contributed by atoms with Crippen LogP contribution in [0.25, 0.3) is 11.1 Å². The SMILES string of the molecule is C=C(C)C(=O)OC(COc1ccc(Oc2ccccc2)cc1)COc1c(C)cc(-c2cc(C)c(OCC(COc3ccc(Oc4ccccc4)cc3)OC(=O)C(=C)C)c(C)c2)cc1C. The van der Waals surface area contributed by atoms with E-state index in [9.17, 15) is 9.59 Å². The molecule has 6 aromatic rings. The van der Waals surface area contributed by atoms with Gasteiger partial charge in [-0.05, 0) is 172 Å². The average molecular weight is 863 g/mol. The molecule has 64 heavy (non-hydrogen) atoms. The first-order valence-electron chi connectivity index (χ1n) is 20.9. The highest BCUT2D eigenvalue weighted by Crippen LogP contribution is 2.35. The fourth-order valence-electron chi connectivity index (χ4n) is 6.61. The molecule has 0 fully saturated rings. The Labute approximate surface area is 375 Å². The Hall–Kier alpha value is -7.46. The van der Waals surface area contributed by atoms with Crippen molar-refractivity contribution in [1.29, 1.82) is 0 Å². The highest BCUT2D eigenvalue weighted by Gasteiger charge is 2.21. The molecule has 0 radical (unpaired) electrons. The van der Waals surface area contributed by atoms with Gasteiger partial charge in [-0.25, -0.2) is 9.59 Å². The lowest BCUT2D eigenvalue weighted by atomic mass is 9.96. The van der Waals surface area contributed by atoms with Crippen LogP contribution in [0, 0.1) is 27.7 Å². The van der Waals surface area contributed by atoms with E-state index in [0.29, 0.717) is 34.5 Å². The molecule has 0 aliphatic heterocycles. The molecule has 0 heterocycles. The average Bonchev–Trinajstić information content (AvgIpc) is 3.28. The lowest BCUT2D eigenvalue weighted by Crippen LogP contribution is -2.31. The fourth-order valence-corrected chi connectivity index (χ4v) is 6.61. The number of ether oxygens (including phenoxy) is 8. The third-order valence-electron chi connectivity index (χ3n) is 9.80. The van der Waals surface area contributed by atoms with E-state index in [1.165, 1.54) is 0 Å². The monoisotopic (exact) mass is 862 g/mol. The van der Waals surface area contributed by atoms with Crippen LogP contribution in [0.4, 0.5) is 0 Å². The summed E-state index contributed by atoms with van der Waals surface area (Å²) in [4.78, 5) is 25.2.